The molecule has 2 N–H and O–H groups in total. The molecule has 1 unspecified atom stereocenters. The first-order valence-corrected chi connectivity index (χ1v) is 6.57. The van der Waals surface area contributed by atoms with Gasteiger partial charge in [0, 0.05) is 6.07 Å². The molecule has 0 spiro atoms. The first kappa shape index (κ1) is 14.5. The summed E-state index contributed by atoms with van der Waals surface area (Å²) in [7, 11) is 1.60. The number of nitrogens with two attached hydrogens (primary N) is 1. The summed E-state index contributed by atoms with van der Waals surface area (Å²) in [4.78, 5) is 15.1. The SMILES string of the molecule is COc1ccc2c(c1)nc(C(C)Cl)n2CCOC(N)=O. The molecule has 2 aromatic rings. The molecule has 0 aliphatic carbocycles. The van der Waals surface area contributed by atoms with Crippen LogP contribution >= 0.6 is 11.6 Å². The van der Waals surface area contributed by atoms with Crippen molar-refractivity contribution in [1.82, 2.24) is 9.55 Å². The van der Waals surface area contributed by atoms with Gasteiger partial charge in [-0.2, -0.15) is 0 Å². The van der Waals surface area contributed by atoms with Gasteiger partial charge in [0.05, 0.1) is 30.1 Å². The van der Waals surface area contributed by atoms with E-state index in [2.05, 4.69) is 4.98 Å². The minimum Gasteiger partial charge on any atom is -0.497 e. The Hall–Kier alpha value is -1.95. The zero-order valence-electron chi connectivity index (χ0n) is 11.3. The Kier molecular flexibility index (Phi) is 4.34. The van der Waals surface area contributed by atoms with Crippen LogP contribution in [0.15, 0.2) is 18.2 Å². The minimum absolute atomic E-state index is 0.170. The summed E-state index contributed by atoms with van der Waals surface area (Å²) in [6.07, 6.45) is -0.795. The highest BCUT2D eigenvalue weighted by Crippen LogP contribution is 2.27. The molecule has 0 bridgehead atoms. The number of ether oxygens (including phenoxy) is 2. The third-order valence-corrected chi connectivity index (χ3v) is 3.10. The lowest BCUT2D eigenvalue weighted by Gasteiger charge is -2.10. The van der Waals surface area contributed by atoms with E-state index < -0.39 is 6.09 Å². The largest absolute Gasteiger partial charge is 0.497 e. The molecule has 108 valence electrons. The summed E-state index contributed by atoms with van der Waals surface area (Å²) in [5.74, 6) is 1.44. The van der Waals surface area contributed by atoms with Gasteiger partial charge in [0.2, 0.25) is 0 Å². The number of hydrogen-bond acceptors (Lipinski definition) is 4. The summed E-state index contributed by atoms with van der Waals surface area (Å²) in [5, 5.41) is -0.262. The number of fused-ring (bicyclic) bond motifs is 1. The van der Waals surface area contributed by atoms with Gasteiger partial charge in [0.15, 0.2) is 0 Å². The number of benzene rings is 1. The van der Waals surface area contributed by atoms with Crippen LogP contribution in [0.5, 0.6) is 5.75 Å². The molecular formula is C13H16ClN3O3. The average Bonchev–Trinajstić information content (AvgIpc) is 2.76. The molecule has 1 atom stereocenters. The molecule has 1 aromatic carbocycles. The molecule has 0 saturated carbocycles. The standard InChI is InChI=1S/C13H16ClN3O3/c1-8(14)12-16-10-7-9(19-2)3-4-11(10)17(12)5-6-20-13(15)18/h3-4,7-8H,5-6H2,1-2H3,(H2,15,18). The number of aromatic nitrogens is 2. The van der Waals surface area contributed by atoms with Crippen LogP contribution in [0.4, 0.5) is 4.79 Å². The van der Waals surface area contributed by atoms with E-state index >= 15 is 0 Å². The number of primary amides is 1. The molecule has 0 fully saturated rings. The zero-order valence-corrected chi connectivity index (χ0v) is 12.1. The Balaban J connectivity index is 2.38. The van der Waals surface area contributed by atoms with Gasteiger partial charge < -0.3 is 19.8 Å². The number of carbonyl (C=O) groups is 1. The van der Waals surface area contributed by atoms with Crippen molar-refractivity contribution in [3.63, 3.8) is 0 Å². The molecule has 0 aliphatic rings. The maximum Gasteiger partial charge on any atom is 0.404 e. The van der Waals surface area contributed by atoms with Crippen molar-refractivity contribution in [1.29, 1.82) is 0 Å². The minimum atomic E-state index is -0.795. The van der Waals surface area contributed by atoms with Crippen molar-refractivity contribution in [2.45, 2.75) is 18.8 Å². The van der Waals surface area contributed by atoms with Crippen molar-refractivity contribution >= 4 is 28.7 Å². The van der Waals surface area contributed by atoms with E-state index in [0.29, 0.717) is 12.4 Å². The van der Waals surface area contributed by atoms with Gasteiger partial charge in [0.1, 0.15) is 18.2 Å². The lowest BCUT2D eigenvalue weighted by molar-refractivity contribution is 0.152. The third kappa shape index (κ3) is 2.96. The van der Waals surface area contributed by atoms with E-state index in [9.17, 15) is 4.79 Å². The number of rotatable bonds is 5. The molecule has 1 amide bonds. The molecule has 2 rings (SSSR count). The van der Waals surface area contributed by atoms with Crippen molar-refractivity contribution in [2.75, 3.05) is 13.7 Å². The zero-order chi connectivity index (χ0) is 14.7. The van der Waals surface area contributed by atoms with Gasteiger partial charge in [-0.15, -0.1) is 11.6 Å². The van der Waals surface area contributed by atoms with Crippen LogP contribution in [0, 0.1) is 0 Å². The lowest BCUT2D eigenvalue weighted by Crippen LogP contribution is -2.17. The monoisotopic (exact) mass is 297 g/mol. The Bertz CT molecular complexity index is 625. The van der Waals surface area contributed by atoms with E-state index in [-0.39, 0.29) is 12.0 Å². The van der Waals surface area contributed by atoms with Crippen LogP contribution in [-0.4, -0.2) is 29.4 Å². The van der Waals surface area contributed by atoms with Gasteiger partial charge >= 0.3 is 6.09 Å². The number of imidazole rings is 1. The second-order valence-electron chi connectivity index (χ2n) is 4.26. The van der Waals surface area contributed by atoms with Crippen molar-refractivity contribution in [2.24, 2.45) is 5.73 Å². The molecule has 20 heavy (non-hydrogen) atoms. The number of hydrogen-bond donors (Lipinski definition) is 1. The summed E-state index contributed by atoms with van der Waals surface area (Å²) >= 11 is 6.15. The highest BCUT2D eigenvalue weighted by atomic mass is 35.5. The fourth-order valence-electron chi connectivity index (χ4n) is 2.03. The predicted octanol–water partition coefficient (Wildman–Crippen LogP) is 2.44. The van der Waals surface area contributed by atoms with E-state index in [4.69, 9.17) is 26.8 Å². The molecule has 0 radical (unpaired) electrons. The maximum atomic E-state index is 10.6. The topological polar surface area (TPSA) is 79.4 Å². The van der Waals surface area contributed by atoms with Crippen LogP contribution in [0.2, 0.25) is 0 Å². The summed E-state index contributed by atoms with van der Waals surface area (Å²) < 4.78 is 11.9. The Labute approximate surface area is 121 Å². The Morgan fingerprint density at radius 3 is 2.90 bits per heavy atom. The molecular weight excluding hydrogens is 282 g/mol. The predicted molar refractivity (Wildman–Crippen MR) is 76.1 cm³/mol. The van der Waals surface area contributed by atoms with Crippen LogP contribution in [0.25, 0.3) is 11.0 Å². The summed E-state index contributed by atoms with van der Waals surface area (Å²) in [5.41, 5.74) is 6.64. The number of nitrogens with zero attached hydrogens (tertiary/aromatic N) is 2. The van der Waals surface area contributed by atoms with E-state index in [1.54, 1.807) is 7.11 Å². The Morgan fingerprint density at radius 1 is 1.55 bits per heavy atom. The molecule has 6 nitrogen and oxygen atoms in total. The number of methoxy groups -OCH3 is 1. The van der Waals surface area contributed by atoms with Crippen LogP contribution in [0.1, 0.15) is 18.1 Å². The summed E-state index contributed by atoms with van der Waals surface area (Å²) in [6.45, 7) is 2.45. The molecule has 1 aromatic heterocycles. The van der Waals surface area contributed by atoms with Gasteiger partial charge in [0.25, 0.3) is 0 Å². The normalized spacial score (nSPS) is 12.3. The van der Waals surface area contributed by atoms with Gasteiger partial charge in [-0.3, -0.25) is 0 Å². The van der Waals surface area contributed by atoms with E-state index in [1.165, 1.54) is 0 Å². The Morgan fingerprint density at radius 2 is 2.30 bits per heavy atom. The van der Waals surface area contributed by atoms with Crippen molar-refractivity contribution < 1.29 is 14.3 Å². The second-order valence-corrected chi connectivity index (χ2v) is 4.91. The first-order chi connectivity index (χ1) is 9.52. The highest BCUT2D eigenvalue weighted by molar-refractivity contribution is 6.20. The van der Waals surface area contributed by atoms with Crippen molar-refractivity contribution in [3.8, 4) is 5.75 Å². The summed E-state index contributed by atoms with van der Waals surface area (Å²) in [6, 6.07) is 5.58. The number of amides is 1. The first-order valence-electron chi connectivity index (χ1n) is 6.13. The van der Waals surface area contributed by atoms with Crippen molar-refractivity contribution in [3.05, 3.63) is 24.0 Å². The van der Waals surface area contributed by atoms with E-state index in [1.807, 2.05) is 29.7 Å². The fourth-order valence-corrected chi connectivity index (χ4v) is 2.20. The van der Waals surface area contributed by atoms with Gasteiger partial charge in [-0.1, -0.05) is 0 Å². The molecule has 0 saturated heterocycles. The third-order valence-electron chi connectivity index (χ3n) is 2.90. The van der Waals surface area contributed by atoms with E-state index in [0.717, 1.165) is 16.8 Å². The van der Waals surface area contributed by atoms with Gasteiger partial charge in [-0.05, 0) is 19.1 Å². The maximum absolute atomic E-state index is 10.6. The van der Waals surface area contributed by atoms with Crippen LogP contribution < -0.4 is 10.5 Å². The smallest absolute Gasteiger partial charge is 0.404 e. The second kappa shape index (κ2) is 6.00. The number of carbonyl (C=O) groups excluding carboxylic acids is 1. The molecule has 7 heteroatoms. The van der Waals surface area contributed by atoms with Crippen LogP contribution in [0.3, 0.4) is 0 Å². The highest BCUT2D eigenvalue weighted by Gasteiger charge is 2.15. The number of halogens is 1. The quantitative estimate of drug-likeness (QED) is 0.860. The lowest BCUT2D eigenvalue weighted by atomic mass is 10.3. The molecule has 1 heterocycles. The van der Waals surface area contributed by atoms with Gasteiger partial charge in [-0.25, -0.2) is 9.78 Å². The number of alkyl halides is 1. The average molecular weight is 298 g/mol. The molecule has 0 aliphatic heterocycles. The van der Waals surface area contributed by atoms with Crippen LogP contribution in [-0.2, 0) is 11.3 Å². The fraction of sp³-hybridized carbons (Fsp3) is 0.385.